The monoisotopic (exact) mass is 293 g/mol. The minimum absolute atomic E-state index is 0.287. The molecule has 104 valence electrons. The summed E-state index contributed by atoms with van der Waals surface area (Å²) in [5.41, 5.74) is 1.52. The lowest BCUT2D eigenvalue weighted by Crippen LogP contribution is -2.08. The van der Waals surface area contributed by atoms with Crippen LogP contribution in [0.15, 0.2) is 36.4 Å². The Morgan fingerprint density at radius 1 is 1.30 bits per heavy atom. The van der Waals surface area contributed by atoms with Crippen LogP contribution in [0.5, 0.6) is 5.75 Å². The summed E-state index contributed by atoms with van der Waals surface area (Å²) in [6, 6.07) is 9.55. The zero-order valence-corrected chi connectivity index (χ0v) is 11.8. The summed E-state index contributed by atoms with van der Waals surface area (Å²) < 4.78 is 19.0. The molecule has 0 atom stereocenters. The number of halogens is 2. The molecular formula is C15H13ClFNO2. The Morgan fingerprint density at radius 3 is 2.65 bits per heavy atom. The van der Waals surface area contributed by atoms with E-state index < -0.39 is 5.82 Å². The van der Waals surface area contributed by atoms with Crippen LogP contribution < -0.4 is 10.1 Å². The van der Waals surface area contributed by atoms with Crippen LogP contribution in [0.25, 0.3) is 11.1 Å². The number of rotatable bonds is 3. The lowest BCUT2D eigenvalue weighted by atomic mass is 10.0. The molecule has 0 heterocycles. The first-order chi connectivity index (χ1) is 9.51. The van der Waals surface area contributed by atoms with Gasteiger partial charge in [-0.05, 0) is 23.8 Å². The van der Waals surface area contributed by atoms with Gasteiger partial charge in [0.2, 0.25) is 5.91 Å². The third-order valence-electron chi connectivity index (χ3n) is 2.70. The van der Waals surface area contributed by atoms with Gasteiger partial charge in [-0.25, -0.2) is 4.39 Å². The standard InChI is InChI=1S/C15H13ClFNO2/c1-9(19)18-14-8-12(17)7-13(15(14)20-2)10-4-3-5-11(16)6-10/h3-8H,1-2H3,(H,18,19). The van der Waals surface area contributed by atoms with Crippen LogP contribution in [0, 0.1) is 5.82 Å². The molecular weight excluding hydrogens is 281 g/mol. The normalized spacial score (nSPS) is 10.2. The quantitative estimate of drug-likeness (QED) is 0.924. The van der Waals surface area contributed by atoms with Crippen molar-refractivity contribution in [3.63, 3.8) is 0 Å². The van der Waals surface area contributed by atoms with E-state index in [-0.39, 0.29) is 11.6 Å². The molecule has 3 nitrogen and oxygen atoms in total. The van der Waals surface area contributed by atoms with Crippen LogP contribution in [0.1, 0.15) is 6.92 Å². The lowest BCUT2D eigenvalue weighted by molar-refractivity contribution is -0.114. The van der Waals surface area contributed by atoms with E-state index in [0.717, 1.165) is 0 Å². The summed E-state index contributed by atoms with van der Waals surface area (Å²) in [4.78, 5) is 11.2. The molecule has 20 heavy (non-hydrogen) atoms. The smallest absolute Gasteiger partial charge is 0.221 e. The Labute approximate surface area is 121 Å². The van der Waals surface area contributed by atoms with E-state index in [1.807, 2.05) is 0 Å². The summed E-state index contributed by atoms with van der Waals surface area (Å²) in [6.45, 7) is 1.35. The average Bonchev–Trinajstić information content (AvgIpc) is 2.37. The first-order valence-electron chi connectivity index (χ1n) is 5.92. The number of methoxy groups -OCH3 is 1. The van der Waals surface area contributed by atoms with E-state index in [4.69, 9.17) is 16.3 Å². The number of benzene rings is 2. The second-order valence-corrected chi connectivity index (χ2v) is 4.66. The molecule has 0 aliphatic rings. The van der Waals surface area contributed by atoms with Crippen molar-refractivity contribution in [1.82, 2.24) is 0 Å². The predicted octanol–water partition coefficient (Wildman–Crippen LogP) is 4.11. The minimum atomic E-state index is -0.468. The van der Waals surface area contributed by atoms with Gasteiger partial charge in [-0.3, -0.25) is 4.79 Å². The van der Waals surface area contributed by atoms with E-state index in [1.165, 1.54) is 26.2 Å². The highest BCUT2D eigenvalue weighted by Crippen LogP contribution is 2.38. The molecule has 0 saturated heterocycles. The molecule has 0 aliphatic heterocycles. The number of ether oxygens (including phenoxy) is 1. The van der Waals surface area contributed by atoms with Crippen molar-refractivity contribution < 1.29 is 13.9 Å². The second-order valence-electron chi connectivity index (χ2n) is 4.23. The fourth-order valence-electron chi connectivity index (χ4n) is 1.97. The molecule has 1 N–H and O–H groups in total. The Bertz CT molecular complexity index is 658. The zero-order valence-electron chi connectivity index (χ0n) is 11.0. The molecule has 0 spiro atoms. The molecule has 2 aromatic rings. The van der Waals surface area contributed by atoms with Crippen LogP contribution >= 0.6 is 11.6 Å². The number of carbonyl (C=O) groups is 1. The van der Waals surface area contributed by atoms with Gasteiger partial charge < -0.3 is 10.1 Å². The predicted molar refractivity (Wildman–Crippen MR) is 77.7 cm³/mol. The number of carbonyl (C=O) groups excluding carboxylic acids is 1. The van der Waals surface area contributed by atoms with E-state index >= 15 is 0 Å². The van der Waals surface area contributed by atoms with E-state index in [1.54, 1.807) is 24.3 Å². The summed E-state index contributed by atoms with van der Waals surface area (Å²) >= 11 is 5.95. The van der Waals surface area contributed by atoms with Crippen molar-refractivity contribution in [3.8, 4) is 16.9 Å². The molecule has 2 aromatic carbocycles. The van der Waals surface area contributed by atoms with Crippen molar-refractivity contribution in [2.75, 3.05) is 12.4 Å². The molecule has 0 saturated carbocycles. The fourth-order valence-corrected chi connectivity index (χ4v) is 2.16. The third-order valence-corrected chi connectivity index (χ3v) is 2.94. The molecule has 1 amide bonds. The first-order valence-corrected chi connectivity index (χ1v) is 6.30. The van der Waals surface area contributed by atoms with Gasteiger partial charge >= 0.3 is 0 Å². The van der Waals surface area contributed by atoms with Crippen molar-refractivity contribution in [2.45, 2.75) is 6.92 Å². The highest BCUT2D eigenvalue weighted by atomic mass is 35.5. The lowest BCUT2D eigenvalue weighted by Gasteiger charge is -2.14. The molecule has 0 unspecified atom stereocenters. The largest absolute Gasteiger partial charge is 0.494 e. The van der Waals surface area contributed by atoms with Gasteiger partial charge in [0.1, 0.15) is 11.6 Å². The van der Waals surface area contributed by atoms with Gasteiger partial charge in [-0.1, -0.05) is 23.7 Å². The zero-order chi connectivity index (χ0) is 14.7. The van der Waals surface area contributed by atoms with Crippen LogP contribution in [-0.4, -0.2) is 13.0 Å². The van der Waals surface area contributed by atoms with Crippen LogP contribution in [0.3, 0.4) is 0 Å². The Kier molecular flexibility index (Phi) is 4.25. The van der Waals surface area contributed by atoms with Crippen molar-refractivity contribution in [3.05, 3.63) is 47.2 Å². The van der Waals surface area contributed by atoms with Crippen LogP contribution in [0.4, 0.5) is 10.1 Å². The number of nitrogens with one attached hydrogen (secondary N) is 1. The number of anilines is 1. The Balaban J connectivity index is 2.62. The van der Waals surface area contributed by atoms with Gasteiger partial charge in [-0.15, -0.1) is 0 Å². The molecule has 0 radical (unpaired) electrons. The maximum absolute atomic E-state index is 13.7. The van der Waals surface area contributed by atoms with Crippen LogP contribution in [0.2, 0.25) is 5.02 Å². The average molecular weight is 294 g/mol. The van der Waals surface area contributed by atoms with Crippen molar-refractivity contribution in [1.29, 1.82) is 0 Å². The molecule has 0 aliphatic carbocycles. The SMILES string of the molecule is COc1c(NC(C)=O)cc(F)cc1-c1cccc(Cl)c1. The van der Waals surface area contributed by atoms with Crippen molar-refractivity contribution >= 4 is 23.2 Å². The summed E-state index contributed by atoms with van der Waals surface area (Å²) in [7, 11) is 1.46. The third kappa shape index (κ3) is 3.08. The van der Waals surface area contributed by atoms with Gasteiger partial charge in [0, 0.05) is 23.6 Å². The maximum atomic E-state index is 13.7. The number of hydrogen-bond acceptors (Lipinski definition) is 2. The van der Waals surface area contributed by atoms with Gasteiger partial charge in [0.15, 0.2) is 0 Å². The van der Waals surface area contributed by atoms with E-state index in [2.05, 4.69) is 5.32 Å². The van der Waals surface area contributed by atoms with Gasteiger partial charge in [0.25, 0.3) is 0 Å². The highest BCUT2D eigenvalue weighted by molar-refractivity contribution is 6.30. The molecule has 0 bridgehead atoms. The Hall–Kier alpha value is -2.07. The summed E-state index contributed by atoms with van der Waals surface area (Å²) in [6.07, 6.45) is 0. The highest BCUT2D eigenvalue weighted by Gasteiger charge is 2.14. The molecule has 2 rings (SSSR count). The molecule has 0 aromatic heterocycles. The van der Waals surface area contributed by atoms with Crippen molar-refractivity contribution in [2.24, 2.45) is 0 Å². The number of amides is 1. The van der Waals surface area contributed by atoms with E-state index in [0.29, 0.717) is 21.9 Å². The maximum Gasteiger partial charge on any atom is 0.221 e. The van der Waals surface area contributed by atoms with E-state index in [9.17, 15) is 9.18 Å². The summed E-state index contributed by atoms with van der Waals surface area (Å²) in [5, 5.41) is 3.09. The fraction of sp³-hybridized carbons (Fsp3) is 0.133. The van der Waals surface area contributed by atoms with Crippen LogP contribution in [-0.2, 0) is 4.79 Å². The van der Waals surface area contributed by atoms with Gasteiger partial charge in [0.05, 0.1) is 12.8 Å². The number of hydrogen-bond donors (Lipinski definition) is 1. The Morgan fingerprint density at radius 2 is 2.05 bits per heavy atom. The first kappa shape index (κ1) is 14.3. The molecule has 0 fully saturated rings. The van der Waals surface area contributed by atoms with Gasteiger partial charge in [-0.2, -0.15) is 0 Å². The summed E-state index contributed by atoms with van der Waals surface area (Å²) in [5.74, 6) is -0.376. The minimum Gasteiger partial charge on any atom is -0.494 e. The second kappa shape index (κ2) is 5.92. The topological polar surface area (TPSA) is 38.3 Å². The molecule has 5 heteroatoms.